The Labute approximate surface area is 88.6 Å². The minimum Gasteiger partial charge on any atom is -0.276 e. The normalized spacial score (nSPS) is 11.2. The molecule has 0 aliphatic carbocycles. The second-order valence-electron chi connectivity index (χ2n) is 3.08. The summed E-state index contributed by atoms with van der Waals surface area (Å²) in [6.45, 7) is 0.287. The van der Waals surface area contributed by atoms with Crippen LogP contribution in [0.15, 0.2) is 12.4 Å². The van der Waals surface area contributed by atoms with E-state index in [4.69, 9.17) is 5.26 Å². The van der Waals surface area contributed by atoms with E-state index in [1.807, 2.05) is 6.20 Å². The number of rotatable bonds is 5. The van der Waals surface area contributed by atoms with Crippen LogP contribution in [0.25, 0.3) is 0 Å². The summed E-state index contributed by atoms with van der Waals surface area (Å²) in [7, 11) is -1.64. The second-order valence-corrected chi connectivity index (χ2v) is 4.89. The summed E-state index contributed by atoms with van der Waals surface area (Å²) >= 11 is 0. The van der Waals surface area contributed by atoms with Crippen LogP contribution >= 0.6 is 0 Å². The van der Waals surface area contributed by atoms with Gasteiger partial charge in [0.25, 0.3) is 0 Å². The van der Waals surface area contributed by atoms with Gasteiger partial charge in [0, 0.05) is 19.8 Å². The molecule has 1 heterocycles. The van der Waals surface area contributed by atoms with Crippen LogP contribution < -0.4 is 4.72 Å². The van der Waals surface area contributed by atoms with Crippen LogP contribution in [0.4, 0.5) is 0 Å². The molecule has 0 fully saturated rings. The third-order valence-corrected chi connectivity index (χ3v) is 2.90. The lowest BCUT2D eigenvalue weighted by Crippen LogP contribution is -2.27. The van der Waals surface area contributed by atoms with Crippen LogP contribution in [0.5, 0.6) is 0 Å². The molecular formula is C8H12N4O2S. The van der Waals surface area contributed by atoms with Gasteiger partial charge in [-0.3, -0.25) is 4.68 Å². The molecule has 0 radical (unpaired) electrons. The molecule has 7 heteroatoms. The van der Waals surface area contributed by atoms with Crippen molar-refractivity contribution >= 4 is 10.0 Å². The molecule has 0 atom stereocenters. The predicted octanol–water partition coefficient (Wildman–Crippen LogP) is -0.594. The van der Waals surface area contributed by atoms with Crippen LogP contribution in [0.1, 0.15) is 5.56 Å². The number of aromatic nitrogens is 2. The zero-order valence-electron chi connectivity index (χ0n) is 8.34. The lowest BCUT2D eigenvalue weighted by Gasteiger charge is -2.01. The zero-order valence-corrected chi connectivity index (χ0v) is 9.16. The fourth-order valence-electron chi connectivity index (χ4n) is 1.09. The summed E-state index contributed by atoms with van der Waals surface area (Å²) < 4.78 is 26.1. The van der Waals surface area contributed by atoms with E-state index in [-0.39, 0.29) is 6.54 Å². The molecule has 0 unspecified atom stereocenters. The van der Waals surface area contributed by atoms with Gasteiger partial charge in [0.1, 0.15) is 0 Å². The Hall–Kier alpha value is -1.39. The Morgan fingerprint density at radius 1 is 1.67 bits per heavy atom. The summed E-state index contributed by atoms with van der Waals surface area (Å²) in [4.78, 5) is 0. The topological polar surface area (TPSA) is 87.8 Å². The molecule has 0 amide bonds. The molecule has 0 saturated carbocycles. The number of nitrogens with one attached hydrogen (secondary N) is 1. The van der Waals surface area contributed by atoms with Crippen molar-refractivity contribution in [1.29, 1.82) is 5.26 Å². The quantitative estimate of drug-likeness (QED) is 0.729. The first-order chi connectivity index (χ1) is 7.03. The molecule has 15 heavy (non-hydrogen) atoms. The maximum Gasteiger partial charge on any atom is 0.225 e. The van der Waals surface area contributed by atoms with Crippen molar-refractivity contribution in [3.63, 3.8) is 0 Å². The van der Waals surface area contributed by atoms with E-state index in [1.165, 1.54) is 0 Å². The third-order valence-electron chi connectivity index (χ3n) is 1.75. The fourth-order valence-corrected chi connectivity index (χ4v) is 1.77. The molecule has 1 rings (SSSR count). The van der Waals surface area contributed by atoms with E-state index in [1.54, 1.807) is 24.0 Å². The summed E-state index contributed by atoms with van der Waals surface area (Å²) in [5, 5.41) is 12.2. The van der Waals surface area contributed by atoms with E-state index < -0.39 is 15.8 Å². The largest absolute Gasteiger partial charge is 0.276 e. The van der Waals surface area contributed by atoms with E-state index in [9.17, 15) is 8.42 Å². The highest BCUT2D eigenvalue weighted by atomic mass is 32.2. The van der Waals surface area contributed by atoms with E-state index in [0.29, 0.717) is 6.42 Å². The smallest absolute Gasteiger partial charge is 0.225 e. The van der Waals surface area contributed by atoms with Gasteiger partial charge in [0.15, 0.2) is 5.75 Å². The van der Waals surface area contributed by atoms with Gasteiger partial charge < -0.3 is 0 Å². The van der Waals surface area contributed by atoms with Gasteiger partial charge in [-0.2, -0.15) is 10.4 Å². The highest BCUT2D eigenvalue weighted by Crippen LogP contribution is 1.96. The molecule has 1 aromatic heterocycles. The lowest BCUT2D eigenvalue weighted by molar-refractivity contribution is 0.585. The third kappa shape index (κ3) is 4.10. The van der Waals surface area contributed by atoms with Crippen LogP contribution in [-0.2, 0) is 23.5 Å². The number of sulfonamides is 1. The Balaban J connectivity index is 2.37. The SMILES string of the molecule is Cn1cc(CCNS(=O)(=O)CC#N)cn1. The molecule has 82 valence electrons. The molecular weight excluding hydrogens is 216 g/mol. The fraction of sp³-hybridized carbons (Fsp3) is 0.500. The highest BCUT2D eigenvalue weighted by molar-refractivity contribution is 7.89. The van der Waals surface area contributed by atoms with Crippen molar-refractivity contribution in [3.8, 4) is 6.07 Å². The van der Waals surface area contributed by atoms with Crippen molar-refractivity contribution in [2.45, 2.75) is 6.42 Å². The van der Waals surface area contributed by atoms with Gasteiger partial charge in [0.2, 0.25) is 10.0 Å². The Kier molecular flexibility index (Phi) is 3.82. The second kappa shape index (κ2) is 4.91. The first kappa shape index (κ1) is 11.7. The minimum absolute atomic E-state index is 0.287. The first-order valence-electron chi connectivity index (χ1n) is 4.35. The molecule has 0 bridgehead atoms. The number of hydrogen-bond donors (Lipinski definition) is 1. The van der Waals surface area contributed by atoms with Crippen molar-refractivity contribution in [2.24, 2.45) is 7.05 Å². The van der Waals surface area contributed by atoms with Gasteiger partial charge in [-0.25, -0.2) is 13.1 Å². The molecule has 0 aliphatic heterocycles. The standard InChI is InChI=1S/C8H12N4O2S/c1-12-7-8(6-10-12)2-4-11-15(13,14)5-3-9/h6-7,11H,2,4-5H2,1H3. The Bertz CT molecular complexity index is 457. The summed E-state index contributed by atoms with van der Waals surface area (Å²) in [6, 6.07) is 1.59. The maximum atomic E-state index is 11.1. The van der Waals surface area contributed by atoms with E-state index in [0.717, 1.165) is 5.56 Å². The number of hydrogen-bond acceptors (Lipinski definition) is 4. The van der Waals surface area contributed by atoms with Gasteiger partial charge in [-0.05, 0) is 12.0 Å². The summed E-state index contributed by atoms with van der Waals surface area (Å²) in [5.74, 6) is -0.500. The first-order valence-corrected chi connectivity index (χ1v) is 6.00. The maximum absolute atomic E-state index is 11.1. The number of nitriles is 1. The molecule has 1 aromatic rings. The van der Waals surface area contributed by atoms with Crippen LogP contribution in [0, 0.1) is 11.3 Å². The number of aryl methyl sites for hydroxylation is 1. The number of nitrogens with zero attached hydrogens (tertiary/aromatic N) is 3. The average molecular weight is 228 g/mol. The van der Waals surface area contributed by atoms with Crippen molar-refractivity contribution in [3.05, 3.63) is 18.0 Å². The van der Waals surface area contributed by atoms with Gasteiger partial charge in [0.05, 0.1) is 12.3 Å². The Morgan fingerprint density at radius 2 is 2.40 bits per heavy atom. The Morgan fingerprint density at radius 3 is 2.93 bits per heavy atom. The molecule has 0 spiro atoms. The van der Waals surface area contributed by atoms with Crippen molar-refractivity contribution < 1.29 is 8.42 Å². The lowest BCUT2D eigenvalue weighted by atomic mass is 10.3. The van der Waals surface area contributed by atoms with Gasteiger partial charge in [-0.1, -0.05) is 0 Å². The molecule has 1 N–H and O–H groups in total. The summed E-state index contributed by atoms with van der Waals surface area (Å²) in [6.07, 6.45) is 4.07. The molecule has 0 saturated heterocycles. The molecule has 0 aromatic carbocycles. The van der Waals surface area contributed by atoms with E-state index >= 15 is 0 Å². The van der Waals surface area contributed by atoms with Gasteiger partial charge in [-0.15, -0.1) is 0 Å². The van der Waals surface area contributed by atoms with Crippen molar-refractivity contribution in [2.75, 3.05) is 12.3 Å². The van der Waals surface area contributed by atoms with Crippen LogP contribution in [-0.4, -0.2) is 30.5 Å². The summed E-state index contributed by atoms with van der Waals surface area (Å²) in [5.41, 5.74) is 0.956. The predicted molar refractivity (Wildman–Crippen MR) is 54.3 cm³/mol. The molecule has 6 nitrogen and oxygen atoms in total. The zero-order chi connectivity index (χ0) is 11.3. The average Bonchev–Trinajstić information content (AvgIpc) is 2.51. The highest BCUT2D eigenvalue weighted by Gasteiger charge is 2.08. The van der Waals surface area contributed by atoms with Gasteiger partial charge >= 0.3 is 0 Å². The monoisotopic (exact) mass is 228 g/mol. The van der Waals surface area contributed by atoms with E-state index in [2.05, 4.69) is 9.82 Å². The molecule has 0 aliphatic rings. The van der Waals surface area contributed by atoms with Crippen molar-refractivity contribution in [1.82, 2.24) is 14.5 Å². The van der Waals surface area contributed by atoms with Crippen LogP contribution in [0.3, 0.4) is 0 Å². The van der Waals surface area contributed by atoms with Crippen LogP contribution in [0.2, 0.25) is 0 Å². The minimum atomic E-state index is -3.43.